The molecular weight excluding hydrogens is 304 g/mol. The van der Waals surface area contributed by atoms with Gasteiger partial charge in [-0.1, -0.05) is 18.9 Å². The molecule has 126 valence electrons. The van der Waals surface area contributed by atoms with Gasteiger partial charge < -0.3 is 15.2 Å². The van der Waals surface area contributed by atoms with Gasteiger partial charge in [0.25, 0.3) is 0 Å². The SMILES string of the molecule is O=C(CC1(O)CCCC1)NC1CCOC1c1ccc(F)c(F)c1. The van der Waals surface area contributed by atoms with E-state index < -0.39 is 23.3 Å². The van der Waals surface area contributed by atoms with E-state index in [1.54, 1.807) is 0 Å². The lowest BCUT2D eigenvalue weighted by Crippen LogP contribution is -2.41. The highest BCUT2D eigenvalue weighted by atomic mass is 19.2. The fourth-order valence-corrected chi connectivity index (χ4v) is 3.52. The molecular formula is C17H21F2NO3. The molecule has 4 nitrogen and oxygen atoms in total. The van der Waals surface area contributed by atoms with Crippen molar-refractivity contribution in [1.29, 1.82) is 0 Å². The van der Waals surface area contributed by atoms with Gasteiger partial charge in [0.1, 0.15) is 6.10 Å². The summed E-state index contributed by atoms with van der Waals surface area (Å²) in [4.78, 5) is 12.2. The molecule has 2 unspecified atom stereocenters. The fourth-order valence-electron chi connectivity index (χ4n) is 3.52. The van der Waals surface area contributed by atoms with E-state index in [2.05, 4.69) is 5.32 Å². The second-order valence-electron chi connectivity index (χ2n) is 6.54. The number of hydrogen-bond acceptors (Lipinski definition) is 3. The molecule has 0 aromatic heterocycles. The van der Waals surface area contributed by atoms with Gasteiger partial charge in [-0.25, -0.2) is 8.78 Å². The van der Waals surface area contributed by atoms with Crippen LogP contribution in [0, 0.1) is 11.6 Å². The molecule has 2 fully saturated rings. The van der Waals surface area contributed by atoms with Crippen LogP contribution in [0.1, 0.15) is 50.2 Å². The summed E-state index contributed by atoms with van der Waals surface area (Å²) in [6.45, 7) is 0.443. The smallest absolute Gasteiger partial charge is 0.223 e. The first-order valence-electron chi connectivity index (χ1n) is 8.05. The van der Waals surface area contributed by atoms with Crippen LogP contribution in [0.4, 0.5) is 8.78 Å². The molecule has 0 bridgehead atoms. The molecule has 1 saturated heterocycles. The van der Waals surface area contributed by atoms with Gasteiger partial charge >= 0.3 is 0 Å². The Bertz CT molecular complexity index is 587. The summed E-state index contributed by atoms with van der Waals surface area (Å²) < 4.78 is 32.0. The van der Waals surface area contributed by atoms with Crippen molar-refractivity contribution in [2.24, 2.45) is 0 Å². The number of hydrogen-bond donors (Lipinski definition) is 2. The molecule has 2 aliphatic rings. The van der Waals surface area contributed by atoms with Crippen molar-refractivity contribution in [1.82, 2.24) is 5.32 Å². The first-order valence-corrected chi connectivity index (χ1v) is 8.05. The van der Waals surface area contributed by atoms with Gasteiger partial charge in [-0.15, -0.1) is 0 Å². The van der Waals surface area contributed by atoms with Crippen LogP contribution in [-0.2, 0) is 9.53 Å². The van der Waals surface area contributed by atoms with E-state index in [0.29, 0.717) is 31.4 Å². The topological polar surface area (TPSA) is 58.6 Å². The van der Waals surface area contributed by atoms with Crippen molar-refractivity contribution >= 4 is 5.91 Å². The lowest BCUT2D eigenvalue weighted by molar-refractivity contribution is -0.127. The number of halogens is 2. The first kappa shape index (κ1) is 16.3. The fraction of sp³-hybridized carbons (Fsp3) is 0.588. The Morgan fingerprint density at radius 3 is 2.74 bits per heavy atom. The molecule has 3 rings (SSSR count). The summed E-state index contributed by atoms with van der Waals surface area (Å²) in [5.41, 5.74) is -0.396. The molecule has 1 aromatic carbocycles. The minimum Gasteiger partial charge on any atom is -0.389 e. The molecule has 1 aliphatic heterocycles. The van der Waals surface area contributed by atoms with Crippen LogP contribution in [0.3, 0.4) is 0 Å². The molecule has 1 saturated carbocycles. The highest BCUT2D eigenvalue weighted by Gasteiger charge is 2.36. The summed E-state index contributed by atoms with van der Waals surface area (Å²) in [5.74, 6) is -2.06. The molecule has 6 heteroatoms. The molecule has 0 radical (unpaired) electrons. The zero-order valence-electron chi connectivity index (χ0n) is 12.9. The van der Waals surface area contributed by atoms with E-state index >= 15 is 0 Å². The standard InChI is InChI=1S/C17H21F2NO3/c18-12-4-3-11(9-13(12)19)16-14(5-8-23-16)20-15(21)10-17(22)6-1-2-7-17/h3-4,9,14,16,22H,1-2,5-8,10H2,(H,20,21). The largest absolute Gasteiger partial charge is 0.389 e. The highest BCUT2D eigenvalue weighted by Crippen LogP contribution is 2.33. The zero-order chi connectivity index (χ0) is 16.4. The zero-order valence-corrected chi connectivity index (χ0v) is 12.9. The van der Waals surface area contributed by atoms with E-state index in [9.17, 15) is 18.7 Å². The number of rotatable bonds is 4. The molecule has 23 heavy (non-hydrogen) atoms. The van der Waals surface area contributed by atoms with Crippen molar-refractivity contribution in [3.63, 3.8) is 0 Å². The van der Waals surface area contributed by atoms with E-state index in [1.165, 1.54) is 6.07 Å². The number of carbonyl (C=O) groups excluding carboxylic acids is 1. The van der Waals surface area contributed by atoms with E-state index in [4.69, 9.17) is 4.74 Å². The van der Waals surface area contributed by atoms with Crippen LogP contribution in [0.15, 0.2) is 18.2 Å². The summed E-state index contributed by atoms with van der Waals surface area (Å²) in [6, 6.07) is 3.34. The Balaban J connectivity index is 1.64. The van der Waals surface area contributed by atoms with E-state index in [-0.39, 0.29) is 18.4 Å². The third-order valence-corrected chi connectivity index (χ3v) is 4.73. The number of ether oxygens (including phenoxy) is 1. The monoisotopic (exact) mass is 325 g/mol. The predicted molar refractivity (Wildman–Crippen MR) is 79.6 cm³/mol. The summed E-state index contributed by atoms with van der Waals surface area (Å²) in [7, 11) is 0. The van der Waals surface area contributed by atoms with Crippen molar-refractivity contribution in [2.45, 2.75) is 56.3 Å². The Kier molecular flexibility index (Phi) is 4.64. The van der Waals surface area contributed by atoms with Gasteiger partial charge in [0, 0.05) is 6.61 Å². The minimum absolute atomic E-state index is 0.0774. The number of nitrogens with one attached hydrogen (secondary N) is 1. The van der Waals surface area contributed by atoms with Crippen LogP contribution >= 0.6 is 0 Å². The lowest BCUT2D eigenvalue weighted by Gasteiger charge is -2.24. The summed E-state index contributed by atoms with van der Waals surface area (Å²) in [5, 5.41) is 13.2. The van der Waals surface area contributed by atoms with Crippen molar-refractivity contribution in [3.8, 4) is 0 Å². The quantitative estimate of drug-likeness (QED) is 0.895. The summed E-state index contributed by atoms with van der Waals surface area (Å²) in [6.07, 6.45) is 3.36. The third-order valence-electron chi connectivity index (χ3n) is 4.73. The Morgan fingerprint density at radius 2 is 2.04 bits per heavy atom. The van der Waals surface area contributed by atoms with Crippen molar-refractivity contribution < 1.29 is 23.4 Å². The van der Waals surface area contributed by atoms with Gasteiger partial charge in [-0.05, 0) is 37.0 Å². The first-order chi connectivity index (χ1) is 11.0. The van der Waals surface area contributed by atoms with Crippen LogP contribution in [0.2, 0.25) is 0 Å². The highest BCUT2D eigenvalue weighted by molar-refractivity contribution is 5.77. The minimum atomic E-state index is -0.927. The Labute approximate surface area is 133 Å². The number of carbonyl (C=O) groups is 1. The van der Waals surface area contributed by atoms with Crippen LogP contribution < -0.4 is 5.32 Å². The van der Waals surface area contributed by atoms with Gasteiger partial charge in [0.05, 0.1) is 18.1 Å². The molecule has 0 spiro atoms. The number of benzene rings is 1. The van der Waals surface area contributed by atoms with Gasteiger partial charge in [0.15, 0.2) is 11.6 Å². The average Bonchev–Trinajstić information content (AvgIpc) is 3.11. The average molecular weight is 325 g/mol. The van der Waals surface area contributed by atoms with Crippen molar-refractivity contribution in [3.05, 3.63) is 35.4 Å². The Morgan fingerprint density at radius 1 is 1.30 bits per heavy atom. The maximum atomic E-state index is 13.4. The summed E-state index contributed by atoms with van der Waals surface area (Å²) >= 11 is 0. The molecule has 1 heterocycles. The molecule has 2 N–H and O–H groups in total. The van der Waals surface area contributed by atoms with E-state index in [1.807, 2.05) is 0 Å². The predicted octanol–water partition coefficient (Wildman–Crippen LogP) is 2.61. The van der Waals surface area contributed by atoms with Crippen LogP contribution in [0.5, 0.6) is 0 Å². The second kappa shape index (κ2) is 6.53. The van der Waals surface area contributed by atoms with E-state index in [0.717, 1.165) is 25.0 Å². The molecule has 1 aliphatic carbocycles. The van der Waals surface area contributed by atoms with Crippen LogP contribution in [0.25, 0.3) is 0 Å². The van der Waals surface area contributed by atoms with Gasteiger partial charge in [-0.3, -0.25) is 4.79 Å². The second-order valence-corrected chi connectivity index (χ2v) is 6.54. The van der Waals surface area contributed by atoms with Crippen molar-refractivity contribution in [2.75, 3.05) is 6.61 Å². The number of aliphatic hydroxyl groups is 1. The maximum absolute atomic E-state index is 13.4. The third kappa shape index (κ3) is 3.70. The van der Waals surface area contributed by atoms with Gasteiger partial charge in [-0.2, -0.15) is 0 Å². The lowest BCUT2D eigenvalue weighted by atomic mass is 9.96. The van der Waals surface area contributed by atoms with Crippen LogP contribution in [-0.4, -0.2) is 29.3 Å². The van der Waals surface area contributed by atoms with Gasteiger partial charge in [0.2, 0.25) is 5.91 Å². The molecule has 2 atom stereocenters. The molecule has 1 aromatic rings. The normalized spacial score (nSPS) is 26.4. The Hall–Kier alpha value is -1.53. The number of amides is 1. The maximum Gasteiger partial charge on any atom is 0.223 e. The molecule has 1 amide bonds.